The van der Waals surface area contributed by atoms with E-state index in [4.69, 9.17) is 18.9 Å². The Hall–Kier alpha value is -2.48. The predicted molar refractivity (Wildman–Crippen MR) is 109 cm³/mol. The average molecular weight is 440 g/mol. The molecule has 3 N–H and O–H groups in total. The molecule has 0 aromatic heterocycles. The van der Waals surface area contributed by atoms with Crippen molar-refractivity contribution < 1.29 is 46.6 Å². The maximum atomic E-state index is 12.3. The molecule has 0 saturated carbocycles. The van der Waals surface area contributed by atoms with E-state index >= 15 is 0 Å². The maximum absolute atomic E-state index is 12.3. The lowest BCUT2D eigenvalue weighted by Gasteiger charge is -2.17. The van der Waals surface area contributed by atoms with Crippen LogP contribution in [0.15, 0.2) is 42.5 Å². The summed E-state index contributed by atoms with van der Waals surface area (Å²) in [4.78, 5) is 12.3. The molecule has 2 rings (SSSR count). The van der Waals surface area contributed by atoms with Crippen molar-refractivity contribution >= 4 is 5.97 Å². The van der Waals surface area contributed by atoms with Crippen LogP contribution in [0, 0.1) is 0 Å². The first-order valence-corrected chi connectivity index (χ1v) is 9.55. The Bertz CT molecular complexity index is 761. The number of carbonyl (C=O) groups excluding carboxylic acids is 1. The van der Waals surface area contributed by atoms with Gasteiger partial charge in [-0.05, 0) is 24.6 Å². The zero-order valence-electron chi connectivity index (χ0n) is 17.8. The molecule has 166 valence electrons. The molecule has 0 radical (unpaired) electrons. The summed E-state index contributed by atoms with van der Waals surface area (Å²) in [5.41, 5.74) is 1.22. The maximum Gasteiger partial charge on any atom is 0.338 e. The van der Waals surface area contributed by atoms with Crippen molar-refractivity contribution in [1.82, 2.24) is 0 Å². The van der Waals surface area contributed by atoms with E-state index in [2.05, 4.69) is 0 Å². The van der Waals surface area contributed by atoms with Gasteiger partial charge in [0.1, 0.15) is 12.1 Å². The normalized spacial score (nSPS) is 12.3. The van der Waals surface area contributed by atoms with Crippen molar-refractivity contribution in [3.8, 4) is 17.2 Å². The highest BCUT2D eigenvalue weighted by atomic mass is 35.5. The fourth-order valence-electron chi connectivity index (χ4n) is 2.99. The number of hydrogen-bond donors (Lipinski definition) is 2. The number of ether oxygens (including phenoxy) is 4. The van der Waals surface area contributed by atoms with Gasteiger partial charge in [-0.1, -0.05) is 30.3 Å². The minimum Gasteiger partial charge on any atom is -1.00 e. The van der Waals surface area contributed by atoms with E-state index < -0.39 is 12.1 Å². The van der Waals surface area contributed by atoms with Gasteiger partial charge in [0.15, 0.2) is 11.5 Å². The summed E-state index contributed by atoms with van der Waals surface area (Å²) in [6.07, 6.45) is 0.125. The number of methoxy groups -OCH3 is 3. The van der Waals surface area contributed by atoms with Crippen LogP contribution in [0.2, 0.25) is 0 Å². The highest BCUT2D eigenvalue weighted by Gasteiger charge is 2.19. The fourth-order valence-corrected chi connectivity index (χ4v) is 2.99. The Morgan fingerprint density at radius 3 is 2.17 bits per heavy atom. The number of benzene rings is 2. The van der Waals surface area contributed by atoms with E-state index in [0.29, 0.717) is 29.2 Å². The van der Waals surface area contributed by atoms with Gasteiger partial charge in [-0.2, -0.15) is 0 Å². The molecule has 2 unspecified atom stereocenters. The molecule has 30 heavy (non-hydrogen) atoms. The zero-order chi connectivity index (χ0) is 21.2. The van der Waals surface area contributed by atoms with Crippen molar-refractivity contribution in [3.63, 3.8) is 0 Å². The van der Waals surface area contributed by atoms with Crippen molar-refractivity contribution in [2.45, 2.75) is 25.5 Å². The lowest BCUT2D eigenvalue weighted by atomic mass is 10.0. The molecule has 2 aromatic carbocycles. The SMILES string of the molecule is COc1cc(C(=O)OCCC[NH2+]C(C)C(O)c2ccccc2)cc(OC)c1OC.[Cl-]. The summed E-state index contributed by atoms with van der Waals surface area (Å²) in [6.45, 7) is 2.98. The minimum absolute atomic E-state index is 0. The number of nitrogens with two attached hydrogens (primary N) is 1. The van der Waals surface area contributed by atoms with Gasteiger partial charge in [0.25, 0.3) is 0 Å². The Morgan fingerprint density at radius 2 is 1.63 bits per heavy atom. The molecule has 2 atom stereocenters. The van der Waals surface area contributed by atoms with Gasteiger partial charge < -0.3 is 41.8 Å². The van der Waals surface area contributed by atoms with Crippen LogP contribution in [0.3, 0.4) is 0 Å². The van der Waals surface area contributed by atoms with E-state index in [0.717, 1.165) is 12.1 Å². The number of halogens is 1. The molecule has 0 aliphatic rings. The second kappa shape index (κ2) is 13.0. The van der Waals surface area contributed by atoms with Gasteiger partial charge in [-0.3, -0.25) is 0 Å². The molecule has 8 heteroatoms. The molecule has 0 aliphatic carbocycles. The Balaban J connectivity index is 0.00000450. The second-order valence-corrected chi connectivity index (χ2v) is 6.64. The van der Waals surface area contributed by atoms with Crippen molar-refractivity contribution in [2.75, 3.05) is 34.5 Å². The topological polar surface area (TPSA) is 90.8 Å². The van der Waals surface area contributed by atoms with E-state index in [1.165, 1.54) is 21.3 Å². The summed E-state index contributed by atoms with van der Waals surface area (Å²) < 4.78 is 21.1. The fraction of sp³-hybridized carbons (Fsp3) is 0.409. The van der Waals surface area contributed by atoms with E-state index in [-0.39, 0.29) is 25.1 Å². The Labute approximate surface area is 183 Å². The highest BCUT2D eigenvalue weighted by molar-refractivity contribution is 5.91. The summed E-state index contributed by atoms with van der Waals surface area (Å²) in [5.74, 6) is 0.764. The van der Waals surface area contributed by atoms with Gasteiger partial charge >= 0.3 is 5.97 Å². The number of aliphatic hydroxyl groups excluding tert-OH is 1. The van der Waals surface area contributed by atoms with E-state index in [9.17, 15) is 9.90 Å². The highest BCUT2D eigenvalue weighted by Crippen LogP contribution is 2.38. The summed E-state index contributed by atoms with van der Waals surface area (Å²) in [7, 11) is 4.49. The number of quaternary nitrogens is 1. The number of carbonyl (C=O) groups is 1. The van der Waals surface area contributed by atoms with Crippen LogP contribution in [0.5, 0.6) is 17.2 Å². The van der Waals surface area contributed by atoms with E-state index in [1.807, 2.05) is 42.6 Å². The number of aliphatic hydroxyl groups is 1. The van der Waals surface area contributed by atoms with Crippen LogP contribution < -0.4 is 31.9 Å². The number of esters is 1. The van der Waals surface area contributed by atoms with Gasteiger partial charge in [-0.25, -0.2) is 4.79 Å². The first-order valence-electron chi connectivity index (χ1n) is 9.55. The molecule has 0 fully saturated rings. The number of hydrogen-bond acceptors (Lipinski definition) is 6. The molecular weight excluding hydrogens is 410 g/mol. The van der Waals surface area contributed by atoms with Crippen molar-refractivity contribution in [1.29, 1.82) is 0 Å². The first-order chi connectivity index (χ1) is 14.0. The summed E-state index contributed by atoms with van der Waals surface area (Å²) in [6, 6.07) is 12.7. The third-order valence-electron chi connectivity index (χ3n) is 4.66. The van der Waals surface area contributed by atoms with E-state index in [1.54, 1.807) is 12.1 Å². The molecule has 0 saturated heterocycles. The van der Waals surface area contributed by atoms with Crippen LogP contribution in [-0.2, 0) is 4.74 Å². The van der Waals surface area contributed by atoms with Crippen LogP contribution in [0.25, 0.3) is 0 Å². The first kappa shape index (κ1) is 25.6. The average Bonchev–Trinajstić information content (AvgIpc) is 2.77. The number of rotatable bonds is 11. The third kappa shape index (κ3) is 6.79. The molecular formula is C22H30ClNO6. The quantitative estimate of drug-likeness (QED) is 0.343. The van der Waals surface area contributed by atoms with Gasteiger partial charge in [0.2, 0.25) is 5.75 Å². The molecule has 7 nitrogen and oxygen atoms in total. The zero-order valence-corrected chi connectivity index (χ0v) is 18.5. The Kier molecular flexibility index (Phi) is 11.0. The predicted octanol–water partition coefficient (Wildman–Crippen LogP) is -1.05. The second-order valence-electron chi connectivity index (χ2n) is 6.64. The molecule has 2 aromatic rings. The lowest BCUT2D eigenvalue weighted by Crippen LogP contribution is -3.00. The summed E-state index contributed by atoms with van der Waals surface area (Å²) >= 11 is 0. The van der Waals surface area contributed by atoms with Crippen LogP contribution in [0.4, 0.5) is 0 Å². The third-order valence-corrected chi connectivity index (χ3v) is 4.66. The van der Waals surface area contributed by atoms with Gasteiger partial charge in [0, 0.05) is 6.42 Å². The van der Waals surface area contributed by atoms with Gasteiger partial charge in [0.05, 0.1) is 40.0 Å². The lowest BCUT2D eigenvalue weighted by molar-refractivity contribution is -0.694. The molecule has 0 heterocycles. The van der Waals surface area contributed by atoms with Crippen molar-refractivity contribution in [3.05, 3.63) is 53.6 Å². The molecule has 0 bridgehead atoms. The van der Waals surface area contributed by atoms with Crippen LogP contribution >= 0.6 is 0 Å². The van der Waals surface area contributed by atoms with Crippen molar-refractivity contribution in [2.24, 2.45) is 0 Å². The van der Waals surface area contributed by atoms with Crippen LogP contribution in [0.1, 0.15) is 35.4 Å². The largest absolute Gasteiger partial charge is 1.00 e. The van der Waals surface area contributed by atoms with Crippen LogP contribution in [-0.4, -0.2) is 51.6 Å². The monoisotopic (exact) mass is 439 g/mol. The molecule has 0 aliphatic heterocycles. The molecule has 0 amide bonds. The minimum atomic E-state index is -0.544. The standard InChI is InChI=1S/C22H29NO6.ClH/c1-15(20(24)16-9-6-5-7-10-16)23-11-8-12-29-22(25)17-13-18(26-2)21(28-4)19(14-17)27-3;/h5-7,9-10,13-15,20,23-24H,8,11-12H2,1-4H3;1H. The molecule has 0 spiro atoms. The van der Waals surface area contributed by atoms with Gasteiger partial charge in [-0.15, -0.1) is 0 Å². The Morgan fingerprint density at radius 1 is 1.03 bits per heavy atom. The smallest absolute Gasteiger partial charge is 0.338 e. The summed E-state index contributed by atoms with van der Waals surface area (Å²) in [5, 5.41) is 12.4.